The molecule has 0 bridgehead atoms. The summed E-state index contributed by atoms with van der Waals surface area (Å²) >= 11 is 0. The second kappa shape index (κ2) is 5.83. The molecule has 0 saturated heterocycles. The zero-order valence-electron chi connectivity index (χ0n) is 12.2. The normalized spacial score (nSPS) is 27.1. The van der Waals surface area contributed by atoms with Crippen LogP contribution in [-0.4, -0.2) is 14.2 Å². The molecule has 1 fully saturated rings. The van der Waals surface area contributed by atoms with Crippen LogP contribution in [0.5, 0.6) is 11.5 Å². The third-order valence-corrected chi connectivity index (χ3v) is 4.53. The SMILES string of the molecule is CCC1CCC(N)(c2ccc(OC)c(OC)c2)CC1. The van der Waals surface area contributed by atoms with Gasteiger partial charge in [0.1, 0.15) is 0 Å². The molecule has 0 amide bonds. The fourth-order valence-electron chi connectivity index (χ4n) is 3.04. The Morgan fingerprint density at radius 3 is 2.32 bits per heavy atom. The van der Waals surface area contributed by atoms with Crippen molar-refractivity contribution in [1.29, 1.82) is 0 Å². The van der Waals surface area contributed by atoms with E-state index in [0.717, 1.165) is 30.3 Å². The van der Waals surface area contributed by atoms with E-state index in [2.05, 4.69) is 13.0 Å². The van der Waals surface area contributed by atoms with E-state index < -0.39 is 0 Å². The van der Waals surface area contributed by atoms with Crippen LogP contribution >= 0.6 is 0 Å². The molecule has 0 aromatic heterocycles. The van der Waals surface area contributed by atoms with Gasteiger partial charge in [-0.15, -0.1) is 0 Å². The molecular formula is C16H25NO2. The molecule has 106 valence electrons. The Labute approximate surface area is 116 Å². The first-order valence-electron chi connectivity index (χ1n) is 7.14. The van der Waals surface area contributed by atoms with Gasteiger partial charge in [-0.25, -0.2) is 0 Å². The Bertz CT molecular complexity index is 423. The van der Waals surface area contributed by atoms with Gasteiger partial charge < -0.3 is 15.2 Å². The first-order chi connectivity index (χ1) is 9.12. The average Bonchev–Trinajstić information content (AvgIpc) is 2.47. The number of nitrogens with two attached hydrogens (primary N) is 1. The summed E-state index contributed by atoms with van der Waals surface area (Å²) in [7, 11) is 3.32. The van der Waals surface area contributed by atoms with Gasteiger partial charge in [0.2, 0.25) is 0 Å². The van der Waals surface area contributed by atoms with Crippen molar-refractivity contribution >= 4 is 0 Å². The minimum absolute atomic E-state index is 0.203. The lowest BCUT2D eigenvalue weighted by Gasteiger charge is -2.37. The molecule has 0 atom stereocenters. The average molecular weight is 263 g/mol. The van der Waals surface area contributed by atoms with E-state index in [0.29, 0.717) is 0 Å². The van der Waals surface area contributed by atoms with Crippen molar-refractivity contribution in [2.24, 2.45) is 11.7 Å². The van der Waals surface area contributed by atoms with Gasteiger partial charge in [0, 0.05) is 5.54 Å². The van der Waals surface area contributed by atoms with E-state index in [1.165, 1.54) is 24.8 Å². The van der Waals surface area contributed by atoms with Crippen LogP contribution < -0.4 is 15.2 Å². The molecule has 2 N–H and O–H groups in total. The highest BCUT2D eigenvalue weighted by Gasteiger charge is 2.33. The third kappa shape index (κ3) is 2.86. The van der Waals surface area contributed by atoms with Gasteiger partial charge in [-0.3, -0.25) is 0 Å². The summed E-state index contributed by atoms with van der Waals surface area (Å²) in [6.45, 7) is 2.27. The number of hydrogen-bond acceptors (Lipinski definition) is 3. The van der Waals surface area contributed by atoms with Crippen molar-refractivity contribution < 1.29 is 9.47 Å². The summed E-state index contributed by atoms with van der Waals surface area (Å²) < 4.78 is 10.7. The summed E-state index contributed by atoms with van der Waals surface area (Å²) in [6.07, 6.45) is 5.83. The molecule has 0 heterocycles. The molecule has 1 aromatic rings. The molecule has 3 nitrogen and oxygen atoms in total. The fraction of sp³-hybridized carbons (Fsp3) is 0.625. The second-order valence-electron chi connectivity index (χ2n) is 5.58. The van der Waals surface area contributed by atoms with Gasteiger partial charge in [0.25, 0.3) is 0 Å². The monoisotopic (exact) mass is 263 g/mol. The van der Waals surface area contributed by atoms with Gasteiger partial charge >= 0.3 is 0 Å². The van der Waals surface area contributed by atoms with Crippen molar-refractivity contribution in [2.45, 2.75) is 44.6 Å². The molecular weight excluding hydrogens is 238 g/mol. The second-order valence-corrected chi connectivity index (χ2v) is 5.58. The van der Waals surface area contributed by atoms with Crippen molar-refractivity contribution in [2.75, 3.05) is 14.2 Å². The number of methoxy groups -OCH3 is 2. The van der Waals surface area contributed by atoms with Crippen LogP contribution in [0, 0.1) is 5.92 Å². The van der Waals surface area contributed by atoms with E-state index in [9.17, 15) is 0 Å². The highest BCUT2D eigenvalue weighted by molar-refractivity contribution is 5.45. The molecule has 3 heteroatoms. The first-order valence-corrected chi connectivity index (χ1v) is 7.14. The summed E-state index contributed by atoms with van der Waals surface area (Å²) in [6, 6.07) is 6.06. The summed E-state index contributed by atoms with van der Waals surface area (Å²) in [5.41, 5.74) is 7.58. The number of ether oxygens (including phenoxy) is 2. The molecule has 1 aliphatic carbocycles. The zero-order chi connectivity index (χ0) is 13.9. The van der Waals surface area contributed by atoms with Crippen molar-refractivity contribution in [3.63, 3.8) is 0 Å². The lowest BCUT2D eigenvalue weighted by Crippen LogP contribution is -2.40. The van der Waals surface area contributed by atoms with Gasteiger partial charge in [0.15, 0.2) is 11.5 Å². The molecule has 0 radical (unpaired) electrons. The highest BCUT2D eigenvalue weighted by atomic mass is 16.5. The highest BCUT2D eigenvalue weighted by Crippen LogP contribution is 2.41. The van der Waals surface area contributed by atoms with Gasteiger partial charge in [-0.05, 0) is 49.3 Å². The Kier molecular flexibility index (Phi) is 4.35. The molecule has 1 aromatic carbocycles. The fourth-order valence-corrected chi connectivity index (χ4v) is 3.04. The standard InChI is InChI=1S/C16H25NO2/c1-4-12-7-9-16(17,10-8-12)13-5-6-14(18-2)15(11-13)19-3/h5-6,11-12H,4,7-10,17H2,1-3H3. The Morgan fingerprint density at radius 1 is 1.16 bits per heavy atom. The molecule has 2 rings (SSSR count). The molecule has 0 aliphatic heterocycles. The largest absolute Gasteiger partial charge is 0.493 e. The van der Waals surface area contributed by atoms with E-state index in [1.54, 1.807) is 14.2 Å². The van der Waals surface area contributed by atoms with E-state index in [-0.39, 0.29) is 5.54 Å². The number of rotatable bonds is 4. The van der Waals surface area contributed by atoms with Crippen LogP contribution in [0.15, 0.2) is 18.2 Å². The smallest absolute Gasteiger partial charge is 0.161 e. The maximum atomic E-state index is 6.62. The molecule has 0 spiro atoms. The molecule has 19 heavy (non-hydrogen) atoms. The predicted octanol–water partition coefficient (Wildman–Crippen LogP) is 3.46. The summed E-state index contributed by atoms with van der Waals surface area (Å²) in [5.74, 6) is 2.37. The Balaban J connectivity index is 2.21. The van der Waals surface area contributed by atoms with Crippen LogP contribution in [0.3, 0.4) is 0 Å². The van der Waals surface area contributed by atoms with Crippen LogP contribution in [0.4, 0.5) is 0 Å². The lowest BCUT2D eigenvalue weighted by molar-refractivity contribution is 0.231. The number of hydrogen-bond donors (Lipinski definition) is 1. The maximum Gasteiger partial charge on any atom is 0.161 e. The summed E-state index contributed by atoms with van der Waals surface area (Å²) in [4.78, 5) is 0. The topological polar surface area (TPSA) is 44.5 Å². The minimum Gasteiger partial charge on any atom is -0.493 e. The van der Waals surface area contributed by atoms with Crippen LogP contribution in [0.1, 0.15) is 44.6 Å². The number of benzene rings is 1. The third-order valence-electron chi connectivity index (χ3n) is 4.53. The summed E-state index contributed by atoms with van der Waals surface area (Å²) in [5, 5.41) is 0. The van der Waals surface area contributed by atoms with Gasteiger partial charge in [-0.1, -0.05) is 19.4 Å². The van der Waals surface area contributed by atoms with E-state index >= 15 is 0 Å². The van der Waals surface area contributed by atoms with Crippen molar-refractivity contribution in [3.8, 4) is 11.5 Å². The van der Waals surface area contributed by atoms with Gasteiger partial charge in [-0.2, -0.15) is 0 Å². The predicted molar refractivity (Wildman–Crippen MR) is 77.7 cm³/mol. The lowest BCUT2D eigenvalue weighted by atomic mass is 9.73. The van der Waals surface area contributed by atoms with Crippen LogP contribution in [0.2, 0.25) is 0 Å². The van der Waals surface area contributed by atoms with Crippen molar-refractivity contribution in [3.05, 3.63) is 23.8 Å². The Hall–Kier alpha value is -1.22. The van der Waals surface area contributed by atoms with Gasteiger partial charge in [0.05, 0.1) is 14.2 Å². The minimum atomic E-state index is -0.203. The van der Waals surface area contributed by atoms with E-state index in [4.69, 9.17) is 15.2 Å². The first kappa shape index (κ1) is 14.2. The molecule has 1 aliphatic rings. The van der Waals surface area contributed by atoms with Crippen LogP contribution in [-0.2, 0) is 5.54 Å². The molecule has 0 unspecified atom stereocenters. The zero-order valence-corrected chi connectivity index (χ0v) is 12.2. The quantitative estimate of drug-likeness (QED) is 0.904. The Morgan fingerprint density at radius 2 is 1.79 bits per heavy atom. The van der Waals surface area contributed by atoms with Crippen LogP contribution in [0.25, 0.3) is 0 Å². The molecule has 1 saturated carbocycles. The maximum absolute atomic E-state index is 6.62. The van der Waals surface area contributed by atoms with E-state index in [1.807, 2.05) is 12.1 Å². The van der Waals surface area contributed by atoms with Crippen molar-refractivity contribution in [1.82, 2.24) is 0 Å².